The molecule has 0 N–H and O–H groups in total. The van der Waals surface area contributed by atoms with Crippen LogP contribution < -0.4 is 0 Å². The Morgan fingerprint density at radius 1 is 1.41 bits per heavy atom. The van der Waals surface area contributed by atoms with Crippen LogP contribution in [0.15, 0.2) is 11.4 Å². The number of hydrogen-bond acceptors (Lipinski definition) is 4. The highest BCUT2D eigenvalue weighted by Crippen LogP contribution is 2.45. The SMILES string of the molecule is C[C@@H]1Cc2ccsc2C2(CCN(C(=O)OC(C)(C)C)CC2)O1. The number of piperidine rings is 1. The first kappa shape index (κ1) is 15.8. The highest BCUT2D eigenvalue weighted by molar-refractivity contribution is 7.10. The number of rotatable bonds is 0. The third-order valence-electron chi connectivity index (χ3n) is 4.32. The molecule has 1 fully saturated rings. The fourth-order valence-corrected chi connectivity index (χ4v) is 4.55. The Bertz CT molecular complexity index is 552. The van der Waals surface area contributed by atoms with Gasteiger partial charge in [0, 0.05) is 18.0 Å². The Hall–Kier alpha value is -1.07. The minimum atomic E-state index is -0.441. The lowest BCUT2D eigenvalue weighted by molar-refractivity contribution is -0.129. The smallest absolute Gasteiger partial charge is 0.410 e. The van der Waals surface area contributed by atoms with E-state index >= 15 is 0 Å². The number of fused-ring (bicyclic) bond motifs is 2. The van der Waals surface area contributed by atoms with Crippen molar-refractivity contribution in [3.63, 3.8) is 0 Å². The summed E-state index contributed by atoms with van der Waals surface area (Å²) in [5, 5.41) is 2.16. The van der Waals surface area contributed by atoms with E-state index in [1.54, 1.807) is 11.3 Å². The lowest BCUT2D eigenvalue weighted by Crippen LogP contribution is -2.50. The van der Waals surface area contributed by atoms with Gasteiger partial charge in [-0.2, -0.15) is 0 Å². The first-order chi connectivity index (χ1) is 10.3. The van der Waals surface area contributed by atoms with Gasteiger partial charge in [-0.15, -0.1) is 11.3 Å². The van der Waals surface area contributed by atoms with Crippen LogP contribution in [0.5, 0.6) is 0 Å². The van der Waals surface area contributed by atoms with Crippen molar-refractivity contribution >= 4 is 17.4 Å². The van der Waals surface area contributed by atoms with Crippen LogP contribution in [0.1, 0.15) is 51.0 Å². The Morgan fingerprint density at radius 3 is 2.73 bits per heavy atom. The van der Waals surface area contributed by atoms with Crippen LogP contribution in [0.3, 0.4) is 0 Å². The van der Waals surface area contributed by atoms with Crippen molar-refractivity contribution in [3.8, 4) is 0 Å². The Balaban J connectivity index is 1.71. The molecule has 4 nitrogen and oxygen atoms in total. The maximum Gasteiger partial charge on any atom is 0.410 e. The summed E-state index contributed by atoms with van der Waals surface area (Å²) in [5.41, 5.74) is 0.789. The van der Waals surface area contributed by atoms with Gasteiger partial charge in [0.25, 0.3) is 0 Å². The van der Waals surface area contributed by atoms with Gasteiger partial charge in [0.15, 0.2) is 0 Å². The summed E-state index contributed by atoms with van der Waals surface area (Å²) in [4.78, 5) is 15.4. The van der Waals surface area contributed by atoms with Gasteiger partial charge in [-0.3, -0.25) is 0 Å². The van der Waals surface area contributed by atoms with E-state index < -0.39 is 5.60 Å². The average molecular weight is 323 g/mol. The maximum atomic E-state index is 12.2. The van der Waals surface area contributed by atoms with Gasteiger partial charge in [0.1, 0.15) is 11.2 Å². The van der Waals surface area contributed by atoms with Crippen molar-refractivity contribution in [2.45, 2.75) is 64.3 Å². The van der Waals surface area contributed by atoms with Crippen molar-refractivity contribution in [1.29, 1.82) is 0 Å². The molecule has 0 saturated carbocycles. The quantitative estimate of drug-likeness (QED) is 0.726. The zero-order valence-corrected chi connectivity index (χ0v) is 14.7. The number of nitrogens with zero attached hydrogens (tertiary/aromatic N) is 1. The summed E-state index contributed by atoms with van der Waals surface area (Å²) in [6, 6.07) is 2.22. The molecule has 0 bridgehead atoms. The number of likely N-dealkylation sites (tertiary alicyclic amines) is 1. The third-order valence-corrected chi connectivity index (χ3v) is 5.46. The molecule has 1 spiro atoms. The van der Waals surface area contributed by atoms with Gasteiger partial charge in [0.2, 0.25) is 0 Å². The molecule has 1 aromatic rings. The molecule has 22 heavy (non-hydrogen) atoms. The second kappa shape index (κ2) is 5.53. The molecule has 1 aromatic heterocycles. The highest BCUT2D eigenvalue weighted by atomic mass is 32.1. The molecule has 0 radical (unpaired) electrons. The van der Waals surface area contributed by atoms with Crippen LogP contribution in [0.4, 0.5) is 4.79 Å². The number of hydrogen-bond donors (Lipinski definition) is 0. The molecule has 2 aliphatic rings. The van der Waals surface area contributed by atoms with Gasteiger partial charge in [-0.05, 0) is 64.0 Å². The largest absolute Gasteiger partial charge is 0.444 e. The molecule has 2 aliphatic heterocycles. The van der Waals surface area contributed by atoms with E-state index in [-0.39, 0.29) is 17.8 Å². The van der Waals surface area contributed by atoms with Gasteiger partial charge < -0.3 is 14.4 Å². The monoisotopic (exact) mass is 323 g/mol. The summed E-state index contributed by atoms with van der Waals surface area (Å²) >= 11 is 1.79. The second-order valence-corrected chi connectivity index (χ2v) is 8.29. The van der Waals surface area contributed by atoms with Gasteiger partial charge in [-0.25, -0.2) is 4.79 Å². The molecule has 3 heterocycles. The predicted octanol–water partition coefficient (Wildman–Crippen LogP) is 3.94. The van der Waals surface area contributed by atoms with Crippen molar-refractivity contribution in [1.82, 2.24) is 4.90 Å². The Kier molecular flexibility index (Phi) is 3.98. The first-order valence-corrected chi connectivity index (χ1v) is 8.90. The minimum absolute atomic E-state index is 0.195. The Morgan fingerprint density at radius 2 is 2.09 bits per heavy atom. The van der Waals surface area contributed by atoms with Crippen molar-refractivity contribution in [2.24, 2.45) is 0 Å². The van der Waals surface area contributed by atoms with Crippen molar-refractivity contribution in [2.75, 3.05) is 13.1 Å². The zero-order valence-electron chi connectivity index (χ0n) is 13.8. The van der Waals surface area contributed by atoms with E-state index in [0.717, 1.165) is 19.3 Å². The highest BCUT2D eigenvalue weighted by Gasteiger charge is 2.44. The fourth-order valence-electron chi connectivity index (χ4n) is 3.41. The third kappa shape index (κ3) is 3.01. The van der Waals surface area contributed by atoms with Crippen molar-refractivity contribution in [3.05, 3.63) is 21.9 Å². The molecular weight excluding hydrogens is 298 g/mol. The van der Waals surface area contributed by atoms with Crippen LogP contribution in [-0.4, -0.2) is 35.8 Å². The lowest BCUT2D eigenvalue weighted by Gasteiger charge is -2.45. The summed E-state index contributed by atoms with van der Waals surface area (Å²) in [7, 11) is 0. The topological polar surface area (TPSA) is 38.8 Å². The molecule has 3 rings (SSSR count). The summed E-state index contributed by atoms with van der Waals surface area (Å²) in [6.07, 6.45) is 2.73. The van der Waals surface area contributed by atoms with E-state index in [1.807, 2.05) is 25.7 Å². The summed E-state index contributed by atoms with van der Waals surface area (Å²) in [6.45, 7) is 9.24. The van der Waals surface area contributed by atoms with Crippen LogP contribution >= 0.6 is 11.3 Å². The maximum absolute atomic E-state index is 12.2. The van der Waals surface area contributed by atoms with Gasteiger partial charge >= 0.3 is 6.09 Å². The predicted molar refractivity (Wildman–Crippen MR) is 87.3 cm³/mol. The first-order valence-electron chi connectivity index (χ1n) is 8.02. The molecule has 1 amide bonds. The lowest BCUT2D eigenvalue weighted by atomic mass is 9.84. The van der Waals surface area contributed by atoms with E-state index in [0.29, 0.717) is 13.1 Å². The number of ether oxygens (including phenoxy) is 2. The molecule has 1 saturated heterocycles. The van der Waals surface area contributed by atoms with Crippen LogP contribution in [0.2, 0.25) is 0 Å². The van der Waals surface area contributed by atoms with E-state index in [9.17, 15) is 4.79 Å². The zero-order chi connectivity index (χ0) is 16.0. The Labute approximate surface area is 136 Å². The summed E-state index contributed by atoms with van der Waals surface area (Å²) in [5.74, 6) is 0. The standard InChI is InChI=1S/C17H25NO3S/c1-12-11-13-5-10-22-14(13)17(20-12)6-8-18(9-7-17)15(19)21-16(2,3)4/h5,10,12H,6-9,11H2,1-4H3/t12-/m1/s1. The molecular formula is C17H25NO3S. The van der Waals surface area contributed by atoms with Crippen LogP contribution in [0.25, 0.3) is 0 Å². The van der Waals surface area contributed by atoms with E-state index in [4.69, 9.17) is 9.47 Å². The molecule has 0 aliphatic carbocycles. The fraction of sp³-hybridized carbons (Fsp3) is 0.706. The number of carbonyl (C=O) groups is 1. The minimum Gasteiger partial charge on any atom is -0.444 e. The van der Waals surface area contributed by atoms with Crippen molar-refractivity contribution < 1.29 is 14.3 Å². The van der Waals surface area contributed by atoms with Crippen LogP contribution in [-0.2, 0) is 21.5 Å². The number of carbonyl (C=O) groups excluding carboxylic acids is 1. The van der Waals surface area contributed by atoms with E-state index in [2.05, 4.69) is 18.4 Å². The number of thiophene rings is 1. The second-order valence-electron chi connectivity index (χ2n) is 7.37. The number of amides is 1. The molecule has 5 heteroatoms. The molecule has 0 aromatic carbocycles. The van der Waals surface area contributed by atoms with Gasteiger partial charge in [0.05, 0.1) is 6.10 Å². The average Bonchev–Trinajstić information content (AvgIpc) is 2.86. The molecule has 0 unspecified atom stereocenters. The normalized spacial score (nSPS) is 24.2. The molecule has 1 atom stereocenters. The summed E-state index contributed by atoms with van der Waals surface area (Å²) < 4.78 is 11.8. The van der Waals surface area contributed by atoms with E-state index in [1.165, 1.54) is 10.4 Å². The van der Waals surface area contributed by atoms with Crippen LogP contribution in [0, 0.1) is 0 Å². The molecule has 122 valence electrons. The van der Waals surface area contributed by atoms with Gasteiger partial charge in [-0.1, -0.05) is 0 Å².